The van der Waals surface area contributed by atoms with Crippen LogP contribution in [0.25, 0.3) is 6.08 Å². The number of halogens is 2. The van der Waals surface area contributed by atoms with Crippen molar-refractivity contribution in [2.75, 3.05) is 25.7 Å². The van der Waals surface area contributed by atoms with Crippen LogP contribution >= 0.6 is 0 Å². The van der Waals surface area contributed by atoms with Gasteiger partial charge in [-0.3, -0.25) is 4.79 Å². The average molecular weight is 389 g/mol. The number of rotatable bonds is 6. The number of benzene rings is 2. The quantitative estimate of drug-likeness (QED) is 0.692. The number of hydrogen-bond donors (Lipinski definition) is 0. The van der Waals surface area contributed by atoms with E-state index in [-0.39, 0.29) is 11.7 Å². The molecule has 7 heteroatoms. The number of anilines is 1. The molecule has 0 fully saturated rings. The van der Waals surface area contributed by atoms with Gasteiger partial charge >= 0.3 is 6.61 Å². The van der Waals surface area contributed by atoms with Crippen molar-refractivity contribution >= 4 is 17.7 Å². The van der Waals surface area contributed by atoms with Gasteiger partial charge in [0.1, 0.15) is 5.75 Å². The van der Waals surface area contributed by atoms with Crippen molar-refractivity contribution < 1.29 is 27.8 Å². The molecule has 3 rings (SSSR count). The maximum absolute atomic E-state index is 12.8. The highest BCUT2D eigenvalue weighted by Gasteiger charge is 2.26. The number of alkyl halides is 2. The summed E-state index contributed by atoms with van der Waals surface area (Å²) in [4.78, 5) is 14.3. The summed E-state index contributed by atoms with van der Waals surface area (Å²) in [6, 6.07) is 10.2. The predicted molar refractivity (Wildman–Crippen MR) is 102 cm³/mol. The molecule has 0 saturated carbocycles. The van der Waals surface area contributed by atoms with E-state index in [0.29, 0.717) is 30.2 Å². The van der Waals surface area contributed by atoms with Crippen molar-refractivity contribution in [2.45, 2.75) is 19.5 Å². The first kappa shape index (κ1) is 19.7. The Bertz CT molecular complexity index is 883. The van der Waals surface area contributed by atoms with Crippen molar-refractivity contribution in [3.05, 3.63) is 53.6 Å². The van der Waals surface area contributed by atoms with Crippen LogP contribution in [0.5, 0.6) is 17.2 Å². The molecule has 1 aliphatic heterocycles. The molecule has 5 nitrogen and oxygen atoms in total. The topological polar surface area (TPSA) is 48.0 Å². The molecule has 2 aromatic carbocycles. The Kier molecular flexibility index (Phi) is 6.13. The summed E-state index contributed by atoms with van der Waals surface area (Å²) in [6.07, 6.45) is 4.52. The minimum atomic E-state index is -2.95. The SMILES string of the molecule is COc1ccc(C=CC(=O)N2CCCc3cccc(OC(F)F)c32)cc1OC. The third-order valence-corrected chi connectivity index (χ3v) is 4.49. The molecule has 1 heterocycles. The first-order valence-electron chi connectivity index (χ1n) is 8.81. The van der Waals surface area contributed by atoms with Crippen LogP contribution < -0.4 is 19.1 Å². The fraction of sp³-hybridized carbons (Fsp3) is 0.286. The lowest BCUT2D eigenvalue weighted by molar-refractivity contribution is -0.114. The number of carbonyl (C=O) groups is 1. The summed E-state index contributed by atoms with van der Waals surface area (Å²) in [5.74, 6) is 0.846. The van der Waals surface area contributed by atoms with Crippen molar-refractivity contribution in [3.63, 3.8) is 0 Å². The molecule has 0 aromatic heterocycles. The van der Waals surface area contributed by atoms with Crippen LogP contribution in [-0.2, 0) is 11.2 Å². The van der Waals surface area contributed by atoms with E-state index >= 15 is 0 Å². The molecule has 1 amide bonds. The maximum Gasteiger partial charge on any atom is 0.387 e. The molecule has 0 aliphatic carbocycles. The first-order chi connectivity index (χ1) is 13.5. The summed E-state index contributed by atoms with van der Waals surface area (Å²) < 4.78 is 40.6. The number of carbonyl (C=O) groups excluding carboxylic acids is 1. The monoisotopic (exact) mass is 389 g/mol. The maximum atomic E-state index is 12.8. The van der Waals surface area contributed by atoms with Gasteiger partial charge in [0, 0.05) is 12.6 Å². The molecule has 0 N–H and O–H groups in total. The standard InChI is InChI=1S/C21H21F2NO4/c1-26-16-10-8-14(13-18(16)27-2)9-11-19(25)24-12-4-6-15-5-3-7-17(20(15)24)28-21(22)23/h3,5,7-11,13,21H,4,6,12H2,1-2H3. The molecule has 1 aliphatic rings. The number of ether oxygens (including phenoxy) is 3. The highest BCUT2D eigenvalue weighted by atomic mass is 19.3. The molecule has 0 unspecified atom stereocenters. The van der Waals surface area contributed by atoms with E-state index in [1.165, 1.54) is 24.2 Å². The molecule has 0 bridgehead atoms. The number of amides is 1. The largest absolute Gasteiger partial charge is 0.493 e. The Hall–Kier alpha value is -3.09. The predicted octanol–water partition coefficient (Wildman–Crippen LogP) is 4.30. The van der Waals surface area contributed by atoms with Crippen molar-refractivity contribution in [1.82, 2.24) is 0 Å². The minimum absolute atomic E-state index is 0.0140. The lowest BCUT2D eigenvalue weighted by Crippen LogP contribution is -2.34. The van der Waals surface area contributed by atoms with Crippen LogP contribution in [0.1, 0.15) is 17.5 Å². The van der Waals surface area contributed by atoms with Gasteiger partial charge in [0.25, 0.3) is 5.91 Å². The molecule has 148 valence electrons. The molecular weight excluding hydrogens is 368 g/mol. The van der Waals surface area contributed by atoms with Crippen molar-refractivity contribution in [1.29, 1.82) is 0 Å². The Morgan fingerprint density at radius 2 is 1.89 bits per heavy atom. The van der Waals surface area contributed by atoms with E-state index in [1.54, 1.807) is 37.5 Å². The van der Waals surface area contributed by atoms with Crippen LogP contribution in [-0.4, -0.2) is 33.3 Å². The van der Waals surface area contributed by atoms with Gasteiger partial charge in [-0.25, -0.2) is 0 Å². The van der Waals surface area contributed by atoms with Gasteiger partial charge in [0.05, 0.1) is 19.9 Å². The number of methoxy groups -OCH3 is 2. The van der Waals surface area contributed by atoms with Crippen LogP contribution in [0.4, 0.5) is 14.5 Å². The van der Waals surface area contributed by atoms with Crippen LogP contribution in [0.15, 0.2) is 42.5 Å². The summed E-state index contributed by atoms with van der Waals surface area (Å²) in [6.45, 7) is -2.51. The third-order valence-electron chi connectivity index (χ3n) is 4.49. The summed E-state index contributed by atoms with van der Waals surface area (Å²) in [7, 11) is 3.08. The fourth-order valence-corrected chi connectivity index (χ4v) is 3.24. The second-order valence-corrected chi connectivity index (χ2v) is 6.18. The molecule has 0 saturated heterocycles. The number of aryl methyl sites for hydroxylation is 1. The highest BCUT2D eigenvalue weighted by molar-refractivity contribution is 6.05. The van der Waals surface area contributed by atoms with Crippen LogP contribution in [0.3, 0.4) is 0 Å². The second-order valence-electron chi connectivity index (χ2n) is 6.18. The Morgan fingerprint density at radius 1 is 1.11 bits per heavy atom. The number of nitrogens with zero attached hydrogens (tertiary/aromatic N) is 1. The van der Waals surface area contributed by atoms with E-state index in [1.807, 2.05) is 6.07 Å². The van der Waals surface area contributed by atoms with Gasteiger partial charge in [-0.05, 0) is 48.2 Å². The smallest absolute Gasteiger partial charge is 0.387 e. The van der Waals surface area contributed by atoms with Gasteiger partial charge < -0.3 is 19.1 Å². The van der Waals surface area contributed by atoms with E-state index in [9.17, 15) is 13.6 Å². The lowest BCUT2D eigenvalue weighted by atomic mass is 10.0. The van der Waals surface area contributed by atoms with Gasteiger partial charge in [0.2, 0.25) is 0 Å². The van der Waals surface area contributed by atoms with E-state index in [2.05, 4.69) is 4.74 Å². The Labute approximate surface area is 162 Å². The highest BCUT2D eigenvalue weighted by Crippen LogP contribution is 2.37. The second kappa shape index (κ2) is 8.73. The van der Waals surface area contributed by atoms with Crippen molar-refractivity contribution in [3.8, 4) is 17.2 Å². The minimum Gasteiger partial charge on any atom is -0.493 e. The molecule has 0 atom stereocenters. The lowest BCUT2D eigenvalue weighted by Gasteiger charge is -2.30. The summed E-state index contributed by atoms with van der Waals surface area (Å²) >= 11 is 0. The normalized spacial score (nSPS) is 13.5. The molecular formula is C21H21F2NO4. The van der Waals surface area contributed by atoms with Gasteiger partial charge in [-0.2, -0.15) is 8.78 Å². The zero-order chi connectivity index (χ0) is 20.1. The van der Waals surface area contributed by atoms with Crippen LogP contribution in [0, 0.1) is 0 Å². The fourth-order valence-electron chi connectivity index (χ4n) is 3.24. The number of hydrogen-bond acceptors (Lipinski definition) is 4. The third kappa shape index (κ3) is 4.24. The number of fused-ring (bicyclic) bond motifs is 1. The van der Waals surface area contributed by atoms with Gasteiger partial charge in [-0.15, -0.1) is 0 Å². The molecule has 28 heavy (non-hydrogen) atoms. The number of para-hydroxylation sites is 1. The van der Waals surface area contributed by atoms with E-state index < -0.39 is 6.61 Å². The van der Waals surface area contributed by atoms with Crippen molar-refractivity contribution in [2.24, 2.45) is 0 Å². The molecule has 0 radical (unpaired) electrons. The zero-order valence-corrected chi connectivity index (χ0v) is 15.7. The van der Waals surface area contributed by atoms with E-state index in [0.717, 1.165) is 17.5 Å². The Balaban J connectivity index is 1.86. The molecule has 2 aromatic rings. The van der Waals surface area contributed by atoms with Gasteiger partial charge in [0.15, 0.2) is 11.5 Å². The van der Waals surface area contributed by atoms with Gasteiger partial charge in [-0.1, -0.05) is 18.2 Å². The summed E-state index contributed by atoms with van der Waals surface area (Å²) in [5, 5.41) is 0. The zero-order valence-electron chi connectivity index (χ0n) is 15.7. The summed E-state index contributed by atoms with van der Waals surface area (Å²) in [5.41, 5.74) is 1.98. The van der Waals surface area contributed by atoms with Crippen LogP contribution in [0.2, 0.25) is 0 Å². The average Bonchev–Trinajstić information content (AvgIpc) is 2.71. The molecule has 0 spiro atoms. The Morgan fingerprint density at radius 3 is 2.61 bits per heavy atom. The first-order valence-corrected chi connectivity index (χ1v) is 8.81. The van der Waals surface area contributed by atoms with E-state index in [4.69, 9.17) is 9.47 Å².